The van der Waals surface area contributed by atoms with Gasteiger partial charge in [-0.1, -0.05) is 23.7 Å². The van der Waals surface area contributed by atoms with E-state index in [1.54, 1.807) is 17.5 Å². The molecule has 0 amide bonds. The van der Waals surface area contributed by atoms with Crippen LogP contribution in [0.15, 0.2) is 35.7 Å². The second kappa shape index (κ2) is 6.45. The Balaban J connectivity index is 1.77. The van der Waals surface area contributed by atoms with Crippen molar-refractivity contribution in [3.8, 4) is 11.5 Å². The van der Waals surface area contributed by atoms with Gasteiger partial charge in [0.15, 0.2) is 0 Å². The number of carboxylic acid groups (broad SMARTS) is 1. The van der Waals surface area contributed by atoms with Gasteiger partial charge in [0, 0.05) is 11.4 Å². The quantitative estimate of drug-likeness (QED) is 0.829. The monoisotopic (exact) mass is 298 g/mol. The molecule has 0 atom stereocenters. The zero-order chi connectivity index (χ0) is 13.7. The van der Waals surface area contributed by atoms with Crippen molar-refractivity contribution >= 4 is 28.9 Å². The topological polar surface area (TPSA) is 55.8 Å². The number of hydrogen-bond donors (Lipinski definition) is 1. The minimum absolute atomic E-state index is 0.252. The molecule has 0 unspecified atom stereocenters. The van der Waals surface area contributed by atoms with Gasteiger partial charge in [-0.2, -0.15) is 0 Å². The third-order valence-electron chi connectivity index (χ3n) is 2.23. The van der Waals surface area contributed by atoms with Gasteiger partial charge in [-0.05, 0) is 12.1 Å². The molecule has 0 aliphatic heterocycles. The van der Waals surface area contributed by atoms with Crippen LogP contribution in [0.2, 0.25) is 5.02 Å². The Morgan fingerprint density at radius 2 is 2.00 bits per heavy atom. The lowest BCUT2D eigenvalue weighted by atomic mass is 10.3. The normalized spacial score (nSPS) is 10.2. The van der Waals surface area contributed by atoms with Crippen molar-refractivity contribution in [2.24, 2.45) is 0 Å². The van der Waals surface area contributed by atoms with Crippen LogP contribution < -0.4 is 9.47 Å². The molecular formula is C13H11ClO4S. The van der Waals surface area contributed by atoms with Gasteiger partial charge in [0.1, 0.15) is 29.6 Å². The molecule has 100 valence electrons. The van der Waals surface area contributed by atoms with Crippen molar-refractivity contribution in [3.63, 3.8) is 0 Å². The van der Waals surface area contributed by atoms with Crippen molar-refractivity contribution in [2.45, 2.75) is 0 Å². The van der Waals surface area contributed by atoms with Crippen LogP contribution in [0.25, 0.3) is 0 Å². The maximum Gasteiger partial charge on any atom is 0.346 e. The van der Waals surface area contributed by atoms with E-state index in [1.807, 2.05) is 12.1 Å². The summed E-state index contributed by atoms with van der Waals surface area (Å²) >= 11 is 7.06. The van der Waals surface area contributed by atoms with Gasteiger partial charge in [-0.3, -0.25) is 0 Å². The number of carbonyl (C=O) groups is 1. The summed E-state index contributed by atoms with van der Waals surface area (Å²) in [6.45, 7) is 0.656. The summed E-state index contributed by atoms with van der Waals surface area (Å²) in [5, 5.41) is 11.0. The maximum atomic E-state index is 10.7. The number of halogens is 1. The predicted octanol–water partition coefficient (Wildman–Crippen LogP) is 3.56. The fourth-order valence-electron chi connectivity index (χ4n) is 1.38. The number of para-hydroxylation sites is 1. The zero-order valence-corrected chi connectivity index (χ0v) is 11.4. The summed E-state index contributed by atoms with van der Waals surface area (Å²) in [6, 6.07) is 8.66. The summed E-state index contributed by atoms with van der Waals surface area (Å²) < 4.78 is 10.8. The average molecular weight is 299 g/mol. The summed E-state index contributed by atoms with van der Waals surface area (Å²) in [4.78, 5) is 10.9. The summed E-state index contributed by atoms with van der Waals surface area (Å²) in [6.07, 6.45) is 0. The molecular weight excluding hydrogens is 288 g/mol. The van der Waals surface area contributed by atoms with Crippen molar-refractivity contribution in [1.29, 1.82) is 0 Å². The Morgan fingerprint density at radius 1 is 1.26 bits per heavy atom. The Kier molecular flexibility index (Phi) is 4.65. The number of thiophene rings is 1. The molecule has 2 aromatic rings. The van der Waals surface area contributed by atoms with E-state index in [4.69, 9.17) is 26.2 Å². The smallest absolute Gasteiger partial charge is 0.346 e. The molecule has 0 fully saturated rings. The Labute approximate surface area is 119 Å². The lowest BCUT2D eigenvalue weighted by Crippen LogP contribution is -2.08. The molecule has 0 saturated heterocycles. The fourth-order valence-corrected chi connectivity index (χ4v) is 2.23. The number of hydrogen-bond acceptors (Lipinski definition) is 4. The van der Waals surface area contributed by atoms with E-state index in [9.17, 15) is 4.79 Å². The van der Waals surface area contributed by atoms with E-state index < -0.39 is 5.97 Å². The molecule has 6 heteroatoms. The van der Waals surface area contributed by atoms with Crippen molar-refractivity contribution in [3.05, 3.63) is 45.6 Å². The fraction of sp³-hybridized carbons (Fsp3) is 0.154. The van der Waals surface area contributed by atoms with E-state index in [2.05, 4.69) is 0 Å². The highest BCUT2D eigenvalue weighted by Gasteiger charge is 2.07. The highest BCUT2D eigenvalue weighted by Crippen LogP contribution is 2.23. The number of aromatic carboxylic acids is 1. The van der Waals surface area contributed by atoms with Gasteiger partial charge in [-0.25, -0.2) is 4.79 Å². The molecule has 0 aliphatic carbocycles. The molecule has 4 nitrogen and oxygen atoms in total. The van der Waals surface area contributed by atoms with Crippen LogP contribution in [0.5, 0.6) is 11.5 Å². The molecule has 1 heterocycles. The molecule has 1 aromatic heterocycles. The van der Waals surface area contributed by atoms with Gasteiger partial charge in [0.05, 0.1) is 5.02 Å². The van der Waals surface area contributed by atoms with Crippen LogP contribution in [-0.4, -0.2) is 24.3 Å². The Bertz CT molecular complexity index is 567. The van der Waals surface area contributed by atoms with Crippen LogP contribution in [0, 0.1) is 0 Å². The van der Waals surface area contributed by atoms with Gasteiger partial charge in [0.25, 0.3) is 0 Å². The standard InChI is InChI=1S/C13H11ClO4S/c14-10-3-1-2-4-11(10)18-6-5-17-9-7-12(13(15)16)19-8-9/h1-4,7-8H,5-6H2,(H,15,16). The molecule has 0 bridgehead atoms. The van der Waals surface area contributed by atoms with Gasteiger partial charge < -0.3 is 14.6 Å². The van der Waals surface area contributed by atoms with E-state index in [0.717, 1.165) is 11.3 Å². The summed E-state index contributed by atoms with van der Waals surface area (Å²) in [5.74, 6) is 0.182. The van der Waals surface area contributed by atoms with E-state index in [0.29, 0.717) is 29.7 Å². The minimum atomic E-state index is -0.952. The van der Waals surface area contributed by atoms with E-state index >= 15 is 0 Å². The van der Waals surface area contributed by atoms with Crippen LogP contribution >= 0.6 is 22.9 Å². The van der Waals surface area contributed by atoms with Crippen LogP contribution in [0.3, 0.4) is 0 Å². The lowest BCUT2D eigenvalue weighted by molar-refractivity contribution is 0.0702. The number of carboxylic acids is 1. The molecule has 0 spiro atoms. The van der Waals surface area contributed by atoms with Crippen molar-refractivity contribution in [1.82, 2.24) is 0 Å². The first-order valence-electron chi connectivity index (χ1n) is 5.49. The zero-order valence-electron chi connectivity index (χ0n) is 9.84. The van der Waals surface area contributed by atoms with Crippen LogP contribution in [-0.2, 0) is 0 Å². The summed E-state index contributed by atoms with van der Waals surface area (Å²) in [7, 11) is 0. The van der Waals surface area contributed by atoms with Crippen LogP contribution in [0.1, 0.15) is 9.67 Å². The molecule has 19 heavy (non-hydrogen) atoms. The average Bonchev–Trinajstić information content (AvgIpc) is 2.85. The van der Waals surface area contributed by atoms with Gasteiger partial charge in [-0.15, -0.1) is 11.3 Å². The highest BCUT2D eigenvalue weighted by atomic mass is 35.5. The van der Waals surface area contributed by atoms with Crippen LogP contribution in [0.4, 0.5) is 0 Å². The molecule has 0 aliphatic rings. The first-order chi connectivity index (χ1) is 9.16. The molecule has 1 aromatic carbocycles. The molecule has 0 saturated carbocycles. The highest BCUT2D eigenvalue weighted by molar-refractivity contribution is 7.12. The Hall–Kier alpha value is -1.72. The van der Waals surface area contributed by atoms with Crippen molar-refractivity contribution in [2.75, 3.05) is 13.2 Å². The first-order valence-corrected chi connectivity index (χ1v) is 6.74. The SMILES string of the molecule is O=C(O)c1cc(OCCOc2ccccc2Cl)cs1. The largest absolute Gasteiger partial charge is 0.489 e. The van der Waals surface area contributed by atoms with E-state index in [1.165, 1.54) is 6.07 Å². The Morgan fingerprint density at radius 3 is 2.68 bits per heavy atom. The third-order valence-corrected chi connectivity index (χ3v) is 3.44. The van der Waals surface area contributed by atoms with Gasteiger partial charge in [0.2, 0.25) is 0 Å². The lowest BCUT2D eigenvalue weighted by Gasteiger charge is -2.08. The van der Waals surface area contributed by atoms with Gasteiger partial charge >= 0.3 is 5.97 Å². The first kappa shape index (κ1) is 13.7. The summed E-state index contributed by atoms with van der Waals surface area (Å²) in [5.41, 5.74) is 0. The molecule has 1 N–H and O–H groups in total. The number of benzene rings is 1. The predicted molar refractivity (Wildman–Crippen MR) is 73.7 cm³/mol. The number of rotatable bonds is 6. The molecule has 2 rings (SSSR count). The minimum Gasteiger partial charge on any atom is -0.489 e. The maximum absolute atomic E-state index is 10.7. The third kappa shape index (κ3) is 3.87. The van der Waals surface area contributed by atoms with E-state index in [-0.39, 0.29) is 4.88 Å². The second-order valence-corrected chi connectivity index (χ2v) is 4.90. The number of ether oxygens (including phenoxy) is 2. The second-order valence-electron chi connectivity index (χ2n) is 3.58. The van der Waals surface area contributed by atoms with Crippen molar-refractivity contribution < 1.29 is 19.4 Å². The molecule has 0 radical (unpaired) electrons.